The van der Waals surface area contributed by atoms with Crippen molar-refractivity contribution in [2.45, 2.75) is 39.2 Å². The molecule has 232 valence electrons. The molecule has 11 heteroatoms. The summed E-state index contributed by atoms with van der Waals surface area (Å²) in [7, 11) is 1.48. The molecule has 5 rings (SSSR count). The van der Waals surface area contributed by atoms with E-state index in [0.29, 0.717) is 73.9 Å². The van der Waals surface area contributed by atoms with Crippen LogP contribution >= 0.6 is 11.6 Å². The third-order valence-electron chi connectivity index (χ3n) is 8.94. The van der Waals surface area contributed by atoms with E-state index >= 15 is 0 Å². The zero-order valence-electron chi connectivity index (χ0n) is 25.1. The van der Waals surface area contributed by atoms with E-state index in [1.54, 1.807) is 22.8 Å². The summed E-state index contributed by atoms with van der Waals surface area (Å²) in [5.74, 6) is 0.458. The summed E-state index contributed by atoms with van der Waals surface area (Å²) < 4.78 is 25.1. The van der Waals surface area contributed by atoms with E-state index in [4.69, 9.17) is 21.1 Å². The fourth-order valence-corrected chi connectivity index (χ4v) is 6.65. The molecule has 0 aromatic heterocycles. The fourth-order valence-electron chi connectivity index (χ4n) is 6.48. The zero-order chi connectivity index (χ0) is 30.7. The van der Waals surface area contributed by atoms with Crippen LogP contribution < -0.4 is 9.64 Å². The first-order valence-corrected chi connectivity index (χ1v) is 15.4. The number of likely N-dealkylation sites (tertiary alicyclic amines) is 3. The fraction of sp³-hybridized carbons (Fsp3) is 0.531. The lowest BCUT2D eigenvalue weighted by Crippen LogP contribution is -2.43. The van der Waals surface area contributed by atoms with Crippen LogP contribution in [0.4, 0.5) is 14.9 Å². The molecule has 3 fully saturated rings. The van der Waals surface area contributed by atoms with Crippen molar-refractivity contribution in [1.82, 2.24) is 14.7 Å². The summed E-state index contributed by atoms with van der Waals surface area (Å²) in [4.78, 5) is 45.9. The van der Waals surface area contributed by atoms with Gasteiger partial charge in [-0.05, 0) is 67.6 Å². The van der Waals surface area contributed by atoms with Gasteiger partial charge in [0.1, 0.15) is 17.7 Å². The number of hydrogen-bond acceptors (Lipinski definition) is 6. The molecule has 2 unspecified atom stereocenters. The maximum absolute atomic E-state index is 13.9. The molecule has 3 amide bonds. The molecule has 0 bridgehead atoms. The van der Waals surface area contributed by atoms with Crippen molar-refractivity contribution in [3.05, 3.63) is 58.4 Å². The number of carbonyl (C=O) groups is 3. The first kappa shape index (κ1) is 31.1. The minimum atomic E-state index is -0.459. The van der Waals surface area contributed by atoms with Gasteiger partial charge in [0.2, 0.25) is 5.91 Å². The number of halogens is 2. The molecule has 2 atom stereocenters. The van der Waals surface area contributed by atoms with Gasteiger partial charge in [0.25, 0.3) is 5.91 Å². The number of methoxy groups -OCH3 is 1. The van der Waals surface area contributed by atoms with Crippen molar-refractivity contribution < 1.29 is 28.2 Å². The highest BCUT2D eigenvalue weighted by Gasteiger charge is 2.42. The Kier molecular flexibility index (Phi) is 9.76. The second kappa shape index (κ2) is 13.5. The molecule has 3 aliphatic rings. The topological polar surface area (TPSA) is 82.6 Å². The van der Waals surface area contributed by atoms with Gasteiger partial charge in [-0.2, -0.15) is 0 Å². The van der Waals surface area contributed by atoms with Crippen LogP contribution in [0.2, 0.25) is 5.02 Å². The van der Waals surface area contributed by atoms with Crippen molar-refractivity contribution in [3.63, 3.8) is 0 Å². The first-order chi connectivity index (χ1) is 20.6. The van der Waals surface area contributed by atoms with Crippen LogP contribution in [0.25, 0.3) is 0 Å². The molecular weight excluding hydrogens is 575 g/mol. The van der Waals surface area contributed by atoms with E-state index < -0.39 is 11.9 Å². The Morgan fingerprint density at radius 2 is 1.70 bits per heavy atom. The highest BCUT2D eigenvalue weighted by Crippen LogP contribution is 2.33. The summed E-state index contributed by atoms with van der Waals surface area (Å²) in [5.41, 5.74) is 1.89. The Morgan fingerprint density at radius 3 is 2.33 bits per heavy atom. The number of aryl methyl sites for hydroxylation is 1. The lowest BCUT2D eigenvalue weighted by Gasteiger charge is -2.32. The standard InChI is InChI=1S/C32H40ClFN4O5/c1-21-5-7-26(16-29(21)33)38(32(41)43-27-9-13-36(14-10-27)22(2)39)12-4-11-35-17-23-19-37(20-24(23)18-35)31(40)28-15-25(34)6-8-30(28)42-3/h5-8,15-16,23-24,27H,4,9-14,17-20H2,1-3H3. The lowest BCUT2D eigenvalue weighted by atomic mass is 10.0. The molecule has 2 aromatic rings. The number of anilines is 1. The van der Waals surface area contributed by atoms with Crippen molar-refractivity contribution in [2.24, 2.45) is 11.8 Å². The Hall–Kier alpha value is -3.37. The first-order valence-electron chi connectivity index (χ1n) is 15.0. The molecule has 0 saturated carbocycles. The number of nitrogens with zero attached hydrogens (tertiary/aromatic N) is 4. The maximum atomic E-state index is 13.9. The summed E-state index contributed by atoms with van der Waals surface area (Å²) >= 11 is 6.41. The lowest BCUT2D eigenvalue weighted by molar-refractivity contribution is -0.130. The number of ether oxygens (including phenoxy) is 2. The van der Waals surface area contributed by atoms with Crippen LogP contribution in [-0.4, -0.2) is 98.2 Å². The van der Waals surface area contributed by atoms with Crippen LogP contribution in [0.5, 0.6) is 5.75 Å². The summed E-state index contributed by atoms with van der Waals surface area (Å²) in [6.45, 7) is 8.91. The van der Waals surface area contributed by atoms with Crippen LogP contribution in [0.15, 0.2) is 36.4 Å². The average molecular weight is 615 g/mol. The number of amides is 3. The third-order valence-corrected chi connectivity index (χ3v) is 9.35. The molecule has 43 heavy (non-hydrogen) atoms. The van der Waals surface area contributed by atoms with Gasteiger partial charge < -0.3 is 24.2 Å². The van der Waals surface area contributed by atoms with Gasteiger partial charge in [-0.25, -0.2) is 9.18 Å². The van der Waals surface area contributed by atoms with Crippen LogP contribution in [0, 0.1) is 24.6 Å². The zero-order valence-corrected chi connectivity index (χ0v) is 25.8. The molecule has 0 N–H and O–H groups in total. The third kappa shape index (κ3) is 7.24. The maximum Gasteiger partial charge on any atom is 0.414 e. The average Bonchev–Trinajstić information content (AvgIpc) is 3.56. The minimum absolute atomic E-state index is 0.0397. The van der Waals surface area contributed by atoms with Crippen molar-refractivity contribution in [1.29, 1.82) is 0 Å². The minimum Gasteiger partial charge on any atom is -0.496 e. The number of fused-ring (bicyclic) bond motifs is 1. The van der Waals surface area contributed by atoms with Gasteiger partial charge in [0.15, 0.2) is 0 Å². The number of hydrogen-bond donors (Lipinski definition) is 0. The quantitative estimate of drug-likeness (QED) is 0.423. The van der Waals surface area contributed by atoms with Crippen LogP contribution in [0.1, 0.15) is 42.1 Å². The second-order valence-electron chi connectivity index (χ2n) is 11.9. The summed E-state index contributed by atoms with van der Waals surface area (Å²) in [5, 5.41) is 0.590. The van der Waals surface area contributed by atoms with E-state index in [0.717, 1.165) is 31.6 Å². The molecule has 3 saturated heterocycles. The largest absolute Gasteiger partial charge is 0.496 e. The van der Waals surface area contributed by atoms with Gasteiger partial charge in [-0.3, -0.25) is 14.5 Å². The van der Waals surface area contributed by atoms with E-state index in [2.05, 4.69) is 4.90 Å². The molecule has 3 aliphatic heterocycles. The van der Waals surface area contributed by atoms with Crippen molar-refractivity contribution in [2.75, 3.05) is 64.4 Å². The SMILES string of the molecule is COc1ccc(F)cc1C(=O)N1CC2CN(CCCN(C(=O)OC3CCN(C(C)=O)CC3)c3ccc(C)c(Cl)c3)CC2C1. The summed E-state index contributed by atoms with van der Waals surface area (Å²) in [6.07, 6.45) is 1.35. The summed E-state index contributed by atoms with van der Waals surface area (Å²) in [6, 6.07) is 9.61. The molecule has 0 spiro atoms. The Morgan fingerprint density at radius 1 is 1.00 bits per heavy atom. The van der Waals surface area contributed by atoms with Crippen molar-refractivity contribution in [3.8, 4) is 5.75 Å². The predicted octanol–water partition coefficient (Wildman–Crippen LogP) is 4.84. The highest BCUT2D eigenvalue weighted by atomic mass is 35.5. The molecule has 0 aliphatic carbocycles. The molecule has 9 nitrogen and oxygen atoms in total. The normalized spacial score (nSPS) is 20.7. The Labute approximate surface area is 257 Å². The predicted molar refractivity (Wildman–Crippen MR) is 162 cm³/mol. The smallest absolute Gasteiger partial charge is 0.414 e. The highest BCUT2D eigenvalue weighted by molar-refractivity contribution is 6.31. The number of carbonyl (C=O) groups excluding carboxylic acids is 3. The number of rotatable bonds is 8. The monoisotopic (exact) mass is 614 g/mol. The van der Waals surface area contributed by atoms with E-state index in [1.165, 1.54) is 25.3 Å². The van der Waals surface area contributed by atoms with Crippen molar-refractivity contribution >= 4 is 35.2 Å². The van der Waals surface area contributed by atoms with Gasteiger partial charge in [-0.15, -0.1) is 0 Å². The van der Waals surface area contributed by atoms with Gasteiger partial charge in [0.05, 0.1) is 12.7 Å². The molecule has 2 aromatic carbocycles. The Bertz CT molecular complexity index is 1340. The van der Waals surface area contributed by atoms with Gasteiger partial charge in [-0.1, -0.05) is 17.7 Å². The molecule has 3 heterocycles. The van der Waals surface area contributed by atoms with Crippen LogP contribution in [-0.2, 0) is 9.53 Å². The Balaban J connectivity index is 1.15. The number of benzene rings is 2. The van der Waals surface area contributed by atoms with E-state index in [1.807, 2.05) is 24.0 Å². The van der Waals surface area contributed by atoms with Crippen LogP contribution in [0.3, 0.4) is 0 Å². The molecular formula is C32H40ClFN4O5. The number of piperidine rings is 1. The van der Waals surface area contributed by atoms with Gasteiger partial charge in [0, 0.05) is 76.3 Å². The van der Waals surface area contributed by atoms with E-state index in [-0.39, 0.29) is 23.5 Å². The molecule has 0 radical (unpaired) electrons. The second-order valence-corrected chi connectivity index (χ2v) is 12.3. The van der Waals surface area contributed by atoms with Gasteiger partial charge >= 0.3 is 6.09 Å². The van der Waals surface area contributed by atoms with E-state index in [9.17, 15) is 18.8 Å².